The molecule has 0 radical (unpaired) electrons. The highest BCUT2D eigenvalue weighted by Crippen LogP contribution is 2.15. The molecule has 1 aliphatic heterocycles. The molecule has 1 aliphatic rings. The Labute approximate surface area is 153 Å². The van der Waals surface area contributed by atoms with Crippen LogP contribution in [0.1, 0.15) is 18.4 Å². The summed E-state index contributed by atoms with van der Waals surface area (Å²) in [5.74, 6) is 1.56. The van der Waals surface area contributed by atoms with Gasteiger partial charge in [0.1, 0.15) is 6.61 Å². The fourth-order valence-electron chi connectivity index (χ4n) is 2.56. The van der Waals surface area contributed by atoms with E-state index in [-0.39, 0.29) is 12.5 Å². The lowest BCUT2D eigenvalue weighted by Gasteiger charge is -2.14. The zero-order valence-corrected chi connectivity index (χ0v) is 15.3. The van der Waals surface area contributed by atoms with E-state index in [0.717, 1.165) is 6.54 Å². The van der Waals surface area contributed by atoms with E-state index in [0.29, 0.717) is 30.5 Å². The van der Waals surface area contributed by atoms with Gasteiger partial charge in [0, 0.05) is 31.1 Å². The lowest BCUT2D eigenvalue weighted by atomic mass is 10.2. The summed E-state index contributed by atoms with van der Waals surface area (Å²) < 4.78 is 5.64. The van der Waals surface area contributed by atoms with Crippen LogP contribution in [0.25, 0.3) is 0 Å². The predicted molar refractivity (Wildman–Crippen MR) is 101 cm³/mol. The van der Waals surface area contributed by atoms with E-state index in [4.69, 9.17) is 9.84 Å². The zero-order valence-electron chi connectivity index (χ0n) is 14.5. The minimum atomic E-state index is -0.0275. The molecule has 2 rings (SSSR count). The van der Waals surface area contributed by atoms with E-state index in [1.54, 1.807) is 6.20 Å². The SMILES string of the molecule is O=C(CSCCO)NCC=CCOc1cc(CN2CCCC2)ccn1. The number of carbonyl (C=O) groups is 1. The van der Waals surface area contributed by atoms with E-state index in [1.165, 1.54) is 43.3 Å². The lowest BCUT2D eigenvalue weighted by Crippen LogP contribution is -2.25. The second-order valence-electron chi connectivity index (χ2n) is 5.85. The molecular formula is C18H27N3O3S. The number of amides is 1. The van der Waals surface area contributed by atoms with Crippen LogP contribution in [0.3, 0.4) is 0 Å². The summed E-state index contributed by atoms with van der Waals surface area (Å²) >= 11 is 1.42. The van der Waals surface area contributed by atoms with Crippen LogP contribution >= 0.6 is 11.8 Å². The van der Waals surface area contributed by atoms with E-state index >= 15 is 0 Å². The largest absolute Gasteiger partial charge is 0.473 e. The van der Waals surface area contributed by atoms with Crippen LogP contribution in [0.15, 0.2) is 30.5 Å². The maximum absolute atomic E-state index is 11.5. The molecule has 0 unspecified atom stereocenters. The van der Waals surface area contributed by atoms with Crippen LogP contribution in [-0.4, -0.2) is 65.3 Å². The van der Waals surface area contributed by atoms with Crippen LogP contribution in [0.2, 0.25) is 0 Å². The Balaban J connectivity index is 1.61. The van der Waals surface area contributed by atoms with Crippen molar-refractivity contribution < 1.29 is 14.6 Å². The number of nitrogens with one attached hydrogen (secondary N) is 1. The molecule has 1 aromatic rings. The van der Waals surface area contributed by atoms with Gasteiger partial charge in [-0.05, 0) is 43.6 Å². The van der Waals surface area contributed by atoms with Crippen LogP contribution in [0, 0.1) is 0 Å². The van der Waals surface area contributed by atoms with Gasteiger partial charge in [-0.2, -0.15) is 0 Å². The van der Waals surface area contributed by atoms with Crippen molar-refractivity contribution in [3.63, 3.8) is 0 Å². The number of carbonyl (C=O) groups excluding carboxylic acids is 1. The Morgan fingerprint density at radius 3 is 3.04 bits per heavy atom. The summed E-state index contributed by atoms with van der Waals surface area (Å²) in [6.45, 7) is 4.30. The highest BCUT2D eigenvalue weighted by molar-refractivity contribution is 7.99. The number of likely N-dealkylation sites (tertiary alicyclic amines) is 1. The summed E-state index contributed by atoms with van der Waals surface area (Å²) in [7, 11) is 0. The molecule has 6 nitrogen and oxygen atoms in total. The average molecular weight is 365 g/mol. The number of ether oxygens (including phenoxy) is 1. The number of thioether (sulfide) groups is 1. The third kappa shape index (κ3) is 8.38. The third-order valence-corrected chi connectivity index (χ3v) is 4.72. The van der Waals surface area contributed by atoms with Crippen LogP contribution in [-0.2, 0) is 11.3 Å². The Hall–Kier alpha value is -1.57. The highest BCUT2D eigenvalue weighted by atomic mass is 32.2. The molecule has 0 aromatic carbocycles. The zero-order chi connectivity index (χ0) is 17.7. The fraction of sp³-hybridized carbons (Fsp3) is 0.556. The molecule has 0 aliphatic carbocycles. The number of aromatic nitrogens is 1. The summed E-state index contributed by atoms with van der Waals surface area (Å²) in [6, 6.07) is 4.03. The van der Waals surface area contributed by atoms with Crippen molar-refractivity contribution in [2.24, 2.45) is 0 Å². The molecule has 1 aromatic heterocycles. The lowest BCUT2D eigenvalue weighted by molar-refractivity contribution is -0.118. The first-order chi connectivity index (χ1) is 12.3. The van der Waals surface area contributed by atoms with Crippen molar-refractivity contribution in [1.29, 1.82) is 0 Å². The average Bonchev–Trinajstić information content (AvgIpc) is 3.11. The van der Waals surface area contributed by atoms with Crippen molar-refractivity contribution in [1.82, 2.24) is 15.2 Å². The Morgan fingerprint density at radius 1 is 1.40 bits per heavy atom. The molecule has 0 bridgehead atoms. The second-order valence-corrected chi connectivity index (χ2v) is 6.95. The van der Waals surface area contributed by atoms with Gasteiger partial charge in [-0.25, -0.2) is 4.98 Å². The van der Waals surface area contributed by atoms with Gasteiger partial charge < -0.3 is 15.2 Å². The molecule has 2 heterocycles. The van der Waals surface area contributed by atoms with Gasteiger partial charge in [-0.15, -0.1) is 11.8 Å². The normalized spacial score (nSPS) is 14.9. The first-order valence-corrected chi connectivity index (χ1v) is 9.84. The van der Waals surface area contributed by atoms with Gasteiger partial charge in [-0.3, -0.25) is 9.69 Å². The van der Waals surface area contributed by atoms with Crippen molar-refractivity contribution in [2.75, 3.05) is 44.4 Å². The van der Waals surface area contributed by atoms with Crippen LogP contribution in [0.5, 0.6) is 5.88 Å². The van der Waals surface area contributed by atoms with Gasteiger partial charge in [0.15, 0.2) is 0 Å². The minimum Gasteiger partial charge on any atom is -0.473 e. The number of rotatable bonds is 11. The Morgan fingerprint density at radius 2 is 2.24 bits per heavy atom. The summed E-state index contributed by atoms with van der Waals surface area (Å²) in [4.78, 5) is 18.1. The fourth-order valence-corrected chi connectivity index (χ4v) is 3.13. The molecule has 0 saturated carbocycles. The van der Waals surface area contributed by atoms with E-state index in [9.17, 15) is 4.79 Å². The summed E-state index contributed by atoms with van der Waals surface area (Å²) in [5, 5.41) is 11.4. The van der Waals surface area contributed by atoms with E-state index < -0.39 is 0 Å². The van der Waals surface area contributed by atoms with E-state index in [2.05, 4.69) is 15.2 Å². The predicted octanol–water partition coefficient (Wildman–Crippen LogP) is 1.45. The summed E-state index contributed by atoms with van der Waals surface area (Å²) in [5.41, 5.74) is 1.23. The van der Waals surface area contributed by atoms with Crippen molar-refractivity contribution in [2.45, 2.75) is 19.4 Å². The van der Waals surface area contributed by atoms with Crippen molar-refractivity contribution >= 4 is 17.7 Å². The molecule has 1 fully saturated rings. The quantitative estimate of drug-likeness (QED) is 0.457. The molecule has 0 spiro atoms. The first kappa shape index (κ1) is 19.8. The topological polar surface area (TPSA) is 74.7 Å². The maximum Gasteiger partial charge on any atom is 0.230 e. The Bertz CT molecular complexity index is 548. The molecule has 25 heavy (non-hydrogen) atoms. The van der Waals surface area contributed by atoms with Gasteiger partial charge in [-0.1, -0.05) is 6.08 Å². The molecule has 7 heteroatoms. The Kier molecular flexibility index (Phi) is 9.40. The number of hydrogen-bond donors (Lipinski definition) is 2. The number of pyridine rings is 1. The maximum atomic E-state index is 11.5. The standard InChI is InChI=1S/C18H27N3O3S/c22-10-12-25-15-17(23)19-6-1-4-11-24-18-13-16(5-7-20-18)14-21-8-2-3-9-21/h1,4-5,7,13,22H,2-3,6,8-12,14-15H2,(H,19,23). The van der Waals surface area contributed by atoms with Crippen LogP contribution < -0.4 is 10.1 Å². The van der Waals surface area contributed by atoms with E-state index in [1.807, 2.05) is 24.3 Å². The molecule has 2 N–H and O–H groups in total. The molecule has 0 atom stereocenters. The second kappa shape index (κ2) is 11.9. The smallest absolute Gasteiger partial charge is 0.230 e. The van der Waals surface area contributed by atoms with Gasteiger partial charge >= 0.3 is 0 Å². The van der Waals surface area contributed by atoms with Crippen molar-refractivity contribution in [3.05, 3.63) is 36.0 Å². The number of aliphatic hydroxyl groups is 1. The van der Waals surface area contributed by atoms with Gasteiger partial charge in [0.25, 0.3) is 0 Å². The third-order valence-electron chi connectivity index (χ3n) is 3.78. The number of hydrogen-bond acceptors (Lipinski definition) is 6. The van der Waals surface area contributed by atoms with Gasteiger partial charge in [0.05, 0.1) is 12.4 Å². The number of aliphatic hydroxyl groups excluding tert-OH is 1. The first-order valence-electron chi connectivity index (χ1n) is 8.68. The monoisotopic (exact) mass is 365 g/mol. The molecule has 1 amide bonds. The number of nitrogens with zero attached hydrogens (tertiary/aromatic N) is 2. The van der Waals surface area contributed by atoms with Gasteiger partial charge in [0.2, 0.25) is 11.8 Å². The van der Waals surface area contributed by atoms with Crippen LogP contribution in [0.4, 0.5) is 0 Å². The minimum absolute atomic E-state index is 0.0275. The van der Waals surface area contributed by atoms with Crippen molar-refractivity contribution in [3.8, 4) is 5.88 Å². The molecular weight excluding hydrogens is 338 g/mol. The highest BCUT2D eigenvalue weighted by Gasteiger charge is 2.12. The molecule has 138 valence electrons. The summed E-state index contributed by atoms with van der Waals surface area (Å²) in [6.07, 6.45) is 8.10. The molecule has 1 saturated heterocycles.